The Morgan fingerprint density at radius 2 is 2.21 bits per heavy atom. The molecule has 2 aliphatic heterocycles. The van der Waals surface area contributed by atoms with Gasteiger partial charge in [0.25, 0.3) is 0 Å². The van der Waals surface area contributed by atoms with Gasteiger partial charge in [-0.25, -0.2) is 4.79 Å². The van der Waals surface area contributed by atoms with Crippen LogP contribution in [0.1, 0.15) is 6.92 Å². The van der Waals surface area contributed by atoms with E-state index in [1.54, 1.807) is 11.0 Å². The Balaban J connectivity index is 2.03. The summed E-state index contributed by atoms with van der Waals surface area (Å²) in [4.78, 5) is 23.2. The molecule has 0 aromatic heterocycles. The molecular weight excluding hydrogens is 186 g/mol. The smallest absolute Gasteiger partial charge is 0.333 e. The van der Waals surface area contributed by atoms with Crippen LogP contribution in [0.15, 0.2) is 11.6 Å². The molecule has 0 atom stereocenters. The van der Waals surface area contributed by atoms with Crippen molar-refractivity contribution < 1.29 is 19.4 Å². The molecule has 76 valence electrons. The number of hydrogen-bond acceptors (Lipinski definition) is 3. The van der Waals surface area contributed by atoms with Crippen LogP contribution in [0.5, 0.6) is 0 Å². The highest BCUT2D eigenvalue weighted by atomic mass is 16.5. The van der Waals surface area contributed by atoms with Gasteiger partial charge in [0.2, 0.25) is 5.91 Å². The van der Waals surface area contributed by atoms with Crippen molar-refractivity contribution >= 4 is 11.9 Å². The number of carboxylic acids is 1. The largest absolute Gasteiger partial charge is 0.478 e. The van der Waals surface area contributed by atoms with E-state index in [0.717, 1.165) is 0 Å². The highest BCUT2D eigenvalue weighted by molar-refractivity contribution is 5.88. The van der Waals surface area contributed by atoms with Crippen molar-refractivity contribution in [2.75, 3.05) is 19.7 Å². The van der Waals surface area contributed by atoms with Gasteiger partial charge in [-0.1, -0.05) is 0 Å². The van der Waals surface area contributed by atoms with Crippen LogP contribution in [0.4, 0.5) is 0 Å². The summed E-state index contributed by atoms with van der Waals surface area (Å²) in [7, 11) is 0. The van der Waals surface area contributed by atoms with Crippen molar-refractivity contribution in [3.63, 3.8) is 0 Å². The zero-order valence-electron chi connectivity index (χ0n) is 7.82. The number of likely N-dealkylation sites (tertiary alicyclic amines) is 1. The molecule has 2 rings (SSSR count). The number of rotatable bonds is 1. The predicted molar refractivity (Wildman–Crippen MR) is 46.7 cm³/mol. The third-order valence-corrected chi connectivity index (χ3v) is 2.59. The zero-order chi connectivity index (χ0) is 10.3. The summed E-state index contributed by atoms with van der Waals surface area (Å²) in [5.74, 6) is -0.945. The summed E-state index contributed by atoms with van der Waals surface area (Å²) < 4.78 is 5.36. The van der Waals surface area contributed by atoms with E-state index in [1.165, 1.54) is 6.92 Å². The topological polar surface area (TPSA) is 66.8 Å². The average Bonchev–Trinajstić information content (AvgIpc) is 2.44. The number of carbonyl (C=O) groups is 2. The second kappa shape index (κ2) is 2.81. The summed E-state index contributed by atoms with van der Waals surface area (Å²) in [6.45, 7) is 2.57. The molecule has 0 saturated carbocycles. The molecule has 1 saturated heterocycles. The van der Waals surface area contributed by atoms with Crippen molar-refractivity contribution in [3.05, 3.63) is 11.6 Å². The molecule has 2 aliphatic rings. The standard InChI is InChI=1S/C9H11NO4/c1-6(11)10-4-9(5-10)2-7(3-14-9)8(12)13/h2H,3-5H2,1H3,(H,12,13). The minimum absolute atomic E-state index is 0.00333. The van der Waals surface area contributed by atoms with Gasteiger partial charge in [-0.05, 0) is 6.08 Å². The highest BCUT2D eigenvalue weighted by Crippen LogP contribution is 2.32. The number of carboxylic acid groups (broad SMARTS) is 1. The quantitative estimate of drug-likeness (QED) is 0.622. The van der Waals surface area contributed by atoms with E-state index in [9.17, 15) is 9.59 Å². The minimum atomic E-state index is -0.942. The van der Waals surface area contributed by atoms with Gasteiger partial charge in [0.05, 0.1) is 25.3 Å². The first-order chi connectivity index (χ1) is 6.52. The van der Waals surface area contributed by atoms with Gasteiger partial charge in [0.1, 0.15) is 5.60 Å². The van der Waals surface area contributed by atoms with E-state index in [4.69, 9.17) is 9.84 Å². The summed E-state index contributed by atoms with van der Waals surface area (Å²) in [6.07, 6.45) is 1.62. The molecule has 0 aromatic carbocycles. The van der Waals surface area contributed by atoms with Crippen molar-refractivity contribution in [2.45, 2.75) is 12.5 Å². The van der Waals surface area contributed by atoms with Crippen LogP contribution >= 0.6 is 0 Å². The monoisotopic (exact) mass is 197 g/mol. The SMILES string of the molecule is CC(=O)N1CC2(C=C(C(=O)O)CO2)C1. The molecule has 0 bridgehead atoms. The fourth-order valence-electron chi connectivity index (χ4n) is 1.75. The number of hydrogen-bond donors (Lipinski definition) is 1. The lowest BCUT2D eigenvalue weighted by Gasteiger charge is -2.45. The van der Waals surface area contributed by atoms with Gasteiger partial charge in [0.15, 0.2) is 0 Å². The predicted octanol–water partition coefficient (Wildman–Crippen LogP) is -0.372. The molecule has 5 nitrogen and oxygen atoms in total. The molecule has 1 spiro atoms. The highest BCUT2D eigenvalue weighted by Gasteiger charge is 2.47. The van der Waals surface area contributed by atoms with E-state index in [-0.39, 0.29) is 18.1 Å². The second-order valence-corrected chi connectivity index (χ2v) is 3.70. The van der Waals surface area contributed by atoms with Crippen LogP contribution in [0.3, 0.4) is 0 Å². The molecule has 0 aromatic rings. The molecule has 1 amide bonds. The van der Waals surface area contributed by atoms with E-state index in [1.807, 2.05) is 0 Å². The first-order valence-electron chi connectivity index (χ1n) is 4.37. The maximum atomic E-state index is 10.9. The lowest BCUT2D eigenvalue weighted by molar-refractivity contribution is -0.150. The van der Waals surface area contributed by atoms with E-state index < -0.39 is 11.6 Å². The Morgan fingerprint density at radius 1 is 1.57 bits per heavy atom. The van der Waals surface area contributed by atoms with Crippen LogP contribution in [-0.4, -0.2) is 47.2 Å². The Hall–Kier alpha value is -1.36. The number of aliphatic carboxylic acids is 1. The van der Waals surface area contributed by atoms with Crippen molar-refractivity contribution in [3.8, 4) is 0 Å². The van der Waals surface area contributed by atoms with Crippen LogP contribution in [0, 0.1) is 0 Å². The van der Waals surface area contributed by atoms with Gasteiger partial charge >= 0.3 is 5.97 Å². The Bertz CT molecular complexity index is 328. The van der Waals surface area contributed by atoms with Gasteiger partial charge in [-0.3, -0.25) is 4.79 Å². The molecular formula is C9H11NO4. The molecule has 1 N–H and O–H groups in total. The van der Waals surface area contributed by atoms with Crippen LogP contribution < -0.4 is 0 Å². The number of carbonyl (C=O) groups excluding carboxylic acids is 1. The maximum Gasteiger partial charge on any atom is 0.333 e. The van der Waals surface area contributed by atoms with E-state index in [2.05, 4.69) is 0 Å². The van der Waals surface area contributed by atoms with Crippen molar-refractivity contribution in [1.29, 1.82) is 0 Å². The lowest BCUT2D eigenvalue weighted by atomic mass is 9.93. The molecule has 0 radical (unpaired) electrons. The third-order valence-electron chi connectivity index (χ3n) is 2.59. The Labute approximate surface area is 80.9 Å². The molecule has 2 heterocycles. The summed E-state index contributed by atoms with van der Waals surface area (Å²) >= 11 is 0. The normalized spacial score (nSPS) is 23.2. The van der Waals surface area contributed by atoms with Crippen molar-refractivity contribution in [1.82, 2.24) is 4.90 Å². The zero-order valence-corrected chi connectivity index (χ0v) is 7.82. The van der Waals surface area contributed by atoms with Gasteiger partial charge in [-0.15, -0.1) is 0 Å². The average molecular weight is 197 g/mol. The molecule has 1 fully saturated rings. The fraction of sp³-hybridized carbons (Fsp3) is 0.556. The Kier molecular flexibility index (Phi) is 1.85. The summed E-state index contributed by atoms with van der Waals surface area (Å²) in [5, 5.41) is 8.71. The molecule has 14 heavy (non-hydrogen) atoms. The second-order valence-electron chi connectivity index (χ2n) is 3.70. The first kappa shape index (κ1) is 9.21. The number of amides is 1. The third kappa shape index (κ3) is 1.29. The van der Waals surface area contributed by atoms with E-state index >= 15 is 0 Å². The first-order valence-corrected chi connectivity index (χ1v) is 4.37. The van der Waals surface area contributed by atoms with Gasteiger partial charge in [0, 0.05) is 6.92 Å². The van der Waals surface area contributed by atoms with E-state index in [0.29, 0.717) is 13.1 Å². The van der Waals surface area contributed by atoms with Crippen molar-refractivity contribution in [2.24, 2.45) is 0 Å². The molecule has 0 unspecified atom stereocenters. The van der Waals surface area contributed by atoms with Gasteiger partial charge in [-0.2, -0.15) is 0 Å². The number of nitrogens with zero attached hydrogens (tertiary/aromatic N) is 1. The fourth-order valence-corrected chi connectivity index (χ4v) is 1.75. The Morgan fingerprint density at radius 3 is 2.64 bits per heavy atom. The maximum absolute atomic E-state index is 10.9. The molecule has 0 aliphatic carbocycles. The van der Waals surface area contributed by atoms with Gasteiger partial charge < -0.3 is 14.7 Å². The lowest BCUT2D eigenvalue weighted by Crippen LogP contribution is -2.62. The summed E-state index contributed by atoms with van der Waals surface area (Å²) in [5.41, 5.74) is -0.229. The minimum Gasteiger partial charge on any atom is -0.478 e. The van der Waals surface area contributed by atoms with Crippen LogP contribution in [-0.2, 0) is 14.3 Å². The summed E-state index contributed by atoms with van der Waals surface area (Å²) in [6, 6.07) is 0. The molecule has 5 heteroatoms. The van der Waals surface area contributed by atoms with Crippen LogP contribution in [0.2, 0.25) is 0 Å². The number of ether oxygens (including phenoxy) is 1. The van der Waals surface area contributed by atoms with Crippen LogP contribution in [0.25, 0.3) is 0 Å².